The number of hydrogen-bond donors (Lipinski definition) is 1. The molecule has 4 nitrogen and oxygen atoms in total. The van der Waals surface area contributed by atoms with Crippen LogP contribution in [0.4, 0.5) is 0 Å². The van der Waals surface area contributed by atoms with Crippen LogP contribution in [-0.2, 0) is 11.3 Å². The van der Waals surface area contributed by atoms with Crippen molar-refractivity contribution >= 4 is 5.91 Å². The topological polar surface area (TPSA) is 43.8 Å². The molecule has 1 N–H and O–H groups in total. The molecule has 0 bridgehead atoms. The number of amides is 1. The molecule has 1 aromatic rings. The van der Waals surface area contributed by atoms with Crippen molar-refractivity contribution in [3.05, 3.63) is 35.9 Å². The van der Waals surface area contributed by atoms with Gasteiger partial charge in [-0.2, -0.15) is 0 Å². The van der Waals surface area contributed by atoms with Crippen LogP contribution >= 0.6 is 0 Å². The van der Waals surface area contributed by atoms with Crippen molar-refractivity contribution in [2.24, 2.45) is 0 Å². The van der Waals surface area contributed by atoms with E-state index < -0.39 is 5.60 Å². The van der Waals surface area contributed by atoms with E-state index in [1.54, 1.807) is 13.8 Å². The maximum atomic E-state index is 12.6. The first-order chi connectivity index (χ1) is 10.9. The Bertz CT molecular complexity index is 474. The second kappa shape index (κ2) is 8.46. The van der Waals surface area contributed by atoms with Gasteiger partial charge in [0.15, 0.2) is 0 Å². The number of benzene rings is 1. The molecule has 1 amide bonds. The maximum Gasteiger partial charge on any atom is 0.236 e. The number of carbonyl (C=O) groups is 1. The maximum absolute atomic E-state index is 12.6. The second-order valence-corrected chi connectivity index (χ2v) is 7.24. The standard InChI is InChI=1S/C19H30N2O2/c1-19(2,23)16-20(14-17-10-6-5-7-11-17)15-18(22)21-12-8-3-4-9-13-21/h5-7,10-11,23H,3-4,8-9,12-16H2,1-2H3. The fourth-order valence-corrected chi connectivity index (χ4v) is 3.17. The molecule has 0 atom stereocenters. The normalized spacial score (nSPS) is 16.4. The summed E-state index contributed by atoms with van der Waals surface area (Å²) in [6.07, 6.45) is 4.66. The van der Waals surface area contributed by atoms with Crippen LogP contribution in [0.5, 0.6) is 0 Å². The highest BCUT2D eigenvalue weighted by atomic mass is 16.3. The molecule has 4 heteroatoms. The summed E-state index contributed by atoms with van der Waals surface area (Å²) in [6, 6.07) is 10.1. The van der Waals surface area contributed by atoms with Crippen molar-refractivity contribution in [2.45, 2.75) is 51.7 Å². The minimum Gasteiger partial charge on any atom is -0.389 e. The van der Waals surface area contributed by atoms with E-state index in [2.05, 4.69) is 17.0 Å². The van der Waals surface area contributed by atoms with Gasteiger partial charge in [-0.3, -0.25) is 9.69 Å². The van der Waals surface area contributed by atoms with Crippen molar-refractivity contribution in [3.8, 4) is 0 Å². The van der Waals surface area contributed by atoms with Crippen LogP contribution in [0.3, 0.4) is 0 Å². The lowest BCUT2D eigenvalue weighted by Crippen LogP contribution is -2.45. The fraction of sp³-hybridized carbons (Fsp3) is 0.632. The highest BCUT2D eigenvalue weighted by molar-refractivity contribution is 5.78. The third-order valence-corrected chi connectivity index (χ3v) is 4.18. The Morgan fingerprint density at radius 3 is 2.30 bits per heavy atom. The van der Waals surface area contributed by atoms with Crippen molar-refractivity contribution in [3.63, 3.8) is 0 Å². The fourth-order valence-electron chi connectivity index (χ4n) is 3.17. The molecule has 23 heavy (non-hydrogen) atoms. The minimum atomic E-state index is -0.812. The van der Waals surface area contributed by atoms with Gasteiger partial charge < -0.3 is 10.0 Å². The summed E-state index contributed by atoms with van der Waals surface area (Å²) < 4.78 is 0. The molecule has 1 aliphatic rings. The summed E-state index contributed by atoms with van der Waals surface area (Å²) >= 11 is 0. The highest BCUT2D eigenvalue weighted by Crippen LogP contribution is 2.13. The monoisotopic (exact) mass is 318 g/mol. The quantitative estimate of drug-likeness (QED) is 0.877. The van der Waals surface area contributed by atoms with Gasteiger partial charge in [0.05, 0.1) is 12.1 Å². The smallest absolute Gasteiger partial charge is 0.236 e. The summed E-state index contributed by atoms with van der Waals surface area (Å²) in [5.41, 5.74) is 0.355. The number of nitrogens with zero attached hydrogens (tertiary/aromatic N) is 2. The lowest BCUT2D eigenvalue weighted by Gasteiger charge is -2.31. The first kappa shape index (κ1) is 18.0. The van der Waals surface area contributed by atoms with Crippen LogP contribution < -0.4 is 0 Å². The van der Waals surface area contributed by atoms with Crippen LogP contribution in [0, 0.1) is 0 Å². The average Bonchev–Trinajstić information content (AvgIpc) is 2.75. The summed E-state index contributed by atoms with van der Waals surface area (Å²) in [6.45, 7) is 6.88. The van der Waals surface area contributed by atoms with Gasteiger partial charge in [0.25, 0.3) is 0 Å². The molecular weight excluding hydrogens is 288 g/mol. The first-order valence-electron chi connectivity index (χ1n) is 8.70. The molecular formula is C19H30N2O2. The zero-order valence-corrected chi connectivity index (χ0v) is 14.5. The molecule has 0 radical (unpaired) electrons. The van der Waals surface area contributed by atoms with E-state index in [1.807, 2.05) is 23.1 Å². The van der Waals surface area contributed by atoms with Crippen LogP contribution in [0.2, 0.25) is 0 Å². The Morgan fingerprint density at radius 2 is 1.74 bits per heavy atom. The van der Waals surface area contributed by atoms with E-state index in [9.17, 15) is 9.90 Å². The summed E-state index contributed by atoms with van der Waals surface area (Å²) in [4.78, 5) is 16.7. The van der Waals surface area contributed by atoms with Crippen LogP contribution in [0.15, 0.2) is 30.3 Å². The number of likely N-dealkylation sites (tertiary alicyclic amines) is 1. The van der Waals surface area contributed by atoms with Gasteiger partial charge in [-0.25, -0.2) is 0 Å². The molecule has 128 valence electrons. The Balaban J connectivity index is 1.99. The Morgan fingerprint density at radius 1 is 1.13 bits per heavy atom. The van der Waals surface area contributed by atoms with E-state index >= 15 is 0 Å². The molecule has 1 aromatic carbocycles. The number of carbonyl (C=O) groups excluding carboxylic acids is 1. The predicted molar refractivity (Wildman–Crippen MR) is 93.1 cm³/mol. The molecule has 0 aliphatic carbocycles. The summed E-state index contributed by atoms with van der Waals surface area (Å²) in [7, 11) is 0. The molecule has 0 unspecified atom stereocenters. The molecule has 2 rings (SSSR count). The minimum absolute atomic E-state index is 0.187. The lowest BCUT2D eigenvalue weighted by atomic mass is 10.1. The summed E-state index contributed by atoms with van der Waals surface area (Å²) in [5.74, 6) is 0.187. The number of aliphatic hydroxyl groups is 1. The van der Waals surface area contributed by atoms with Crippen molar-refractivity contribution in [1.29, 1.82) is 0 Å². The predicted octanol–water partition coefficient (Wildman–Crippen LogP) is 2.66. The van der Waals surface area contributed by atoms with E-state index in [1.165, 1.54) is 18.4 Å². The van der Waals surface area contributed by atoms with E-state index in [0.717, 1.165) is 25.9 Å². The zero-order valence-electron chi connectivity index (χ0n) is 14.5. The van der Waals surface area contributed by atoms with E-state index in [-0.39, 0.29) is 5.91 Å². The van der Waals surface area contributed by atoms with Gasteiger partial charge in [-0.1, -0.05) is 43.2 Å². The van der Waals surface area contributed by atoms with Gasteiger partial charge in [0.2, 0.25) is 5.91 Å². The molecule has 0 aromatic heterocycles. The summed E-state index contributed by atoms with van der Waals surface area (Å²) in [5, 5.41) is 10.2. The van der Waals surface area contributed by atoms with Gasteiger partial charge in [0.1, 0.15) is 0 Å². The Hall–Kier alpha value is -1.39. The largest absolute Gasteiger partial charge is 0.389 e. The van der Waals surface area contributed by atoms with E-state index in [4.69, 9.17) is 0 Å². The molecule has 1 heterocycles. The SMILES string of the molecule is CC(C)(O)CN(CC(=O)N1CCCCCC1)Cc1ccccc1. The number of hydrogen-bond acceptors (Lipinski definition) is 3. The van der Waals surface area contributed by atoms with Gasteiger partial charge in [0, 0.05) is 26.2 Å². The lowest BCUT2D eigenvalue weighted by molar-refractivity contribution is -0.133. The average molecular weight is 318 g/mol. The van der Waals surface area contributed by atoms with Crippen molar-refractivity contribution in [2.75, 3.05) is 26.2 Å². The van der Waals surface area contributed by atoms with Crippen molar-refractivity contribution < 1.29 is 9.90 Å². The second-order valence-electron chi connectivity index (χ2n) is 7.24. The zero-order chi connectivity index (χ0) is 16.7. The molecule has 1 saturated heterocycles. The molecule has 1 fully saturated rings. The highest BCUT2D eigenvalue weighted by Gasteiger charge is 2.23. The molecule has 1 aliphatic heterocycles. The van der Waals surface area contributed by atoms with Gasteiger partial charge in [-0.15, -0.1) is 0 Å². The van der Waals surface area contributed by atoms with Crippen LogP contribution in [-0.4, -0.2) is 52.6 Å². The van der Waals surface area contributed by atoms with Crippen molar-refractivity contribution in [1.82, 2.24) is 9.80 Å². The third kappa shape index (κ3) is 6.71. The molecule has 0 saturated carbocycles. The Labute approximate surface area is 140 Å². The molecule has 0 spiro atoms. The third-order valence-electron chi connectivity index (χ3n) is 4.18. The van der Waals surface area contributed by atoms with Crippen LogP contribution in [0.25, 0.3) is 0 Å². The van der Waals surface area contributed by atoms with Crippen LogP contribution in [0.1, 0.15) is 45.1 Å². The van der Waals surface area contributed by atoms with E-state index in [0.29, 0.717) is 19.6 Å². The Kier molecular flexibility index (Phi) is 6.60. The van der Waals surface area contributed by atoms with Gasteiger partial charge >= 0.3 is 0 Å². The first-order valence-corrected chi connectivity index (χ1v) is 8.70. The number of rotatable bonds is 6. The van der Waals surface area contributed by atoms with Gasteiger partial charge in [-0.05, 0) is 32.3 Å².